The highest BCUT2D eigenvalue weighted by atomic mass is 16.4. The Kier molecular flexibility index (Phi) is 8.22. The van der Waals surface area contributed by atoms with Gasteiger partial charge in [0.1, 0.15) is 0 Å². The van der Waals surface area contributed by atoms with Gasteiger partial charge in [0, 0.05) is 25.2 Å². The van der Waals surface area contributed by atoms with Crippen LogP contribution in [0.3, 0.4) is 0 Å². The molecular weight excluding hydrogens is 258 g/mol. The van der Waals surface area contributed by atoms with Gasteiger partial charge >= 0.3 is 12.0 Å². The van der Waals surface area contributed by atoms with E-state index >= 15 is 0 Å². The molecule has 2 N–H and O–H groups in total. The van der Waals surface area contributed by atoms with Gasteiger partial charge in [-0.15, -0.1) is 0 Å². The molecule has 0 saturated carbocycles. The van der Waals surface area contributed by atoms with E-state index in [4.69, 9.17) is 5.11 Å². The summed E-state index contributed by atoms with van der Waals surface area (Å²) in [5.41, 5.74) is 0. The second-order valence-corrected chi connectivity index (χ2v) is 5.80. The third-order valence-electron chi connectivity index (χ3n) is 3.27. The van der Waals surface area contributed by atoms with E-state index in [-0.39, 0.29) is 30.5 Å². The number of carbonyl (C=O) groups is 2. The van der Waals surface area contributed by atoms with Crippen LogP contribution in [0.1, 0.15) is 34.1 Å². The minimum Gasteiger partial charge on any atom is -0.481 e. The molecule has 0 aromatic rings. The van der Waals surface area contributed by atoms with Crippen LogP contribution < -0.4 is 5.32 Å². The van der Waals surface area contributed by atoms with Crippen molar-refractivity contribution in [1.82, 2.24) is 15.1 Å². The van der Waals surface area contributed by atoms with Crippen molar-refractivity contribution in [3.05, 3.63) is 0 Å². The molecule has 2 amide bonds. The summed E-state index contributed by atoms with van der Waals surface area (Å²) in [5, 5.41) is 11.7. The molecule has 0 spiro atoms. The number of hydrogen-bond donors (Lipinski definition) is 2. The third kappa shape index (κ3) is 6.75. The van der Waals surface area contributed by atoms with E-state index in [2.05, 4.69) is 5.32 Å². The van der Waals surface area contributed by atoms with Crippen molar-refractivity contribution in [3.63, 3.8) is 0 Å². The van der Waals surface area contributed by atoms with E-state index in [1.165, 1.54) is 0 Å². The topological polar surface area (TPSA) is 72.9 Å². The molecule has 0 aliphatic heterocycles. The zero-order valence-corrected chi connectivity index (χ0v) is 13.5. The summed E-state index contributed by atoms with van der Waals surface area (Å²) < 4.78 is 0. The van der Waals surface area contributed by atoms with Gasteiger partial charge in [0.25, 0.3) is 0 Å². The highest BCUT2D eigenvalue weighted by Crippen LogP contribution is 2.08. The van der Waals surface area contributed by atoms with Gasteiger partial charge in [-0.1, -0.05) is 13.8 Å². The fourth-order valence-electron chi connectivity index (χ4n) is 2.17. The number of likely N-dealkylation sites (N-methyl/N-ethyl adjacent to an activating group) is 2. The summed E-state index contributed by atoms with van der Waals surface area (Å²) in [4.78, 5) is 26.9. The van der Waals surface area contributed by atoms with Gasteiger partial charge in [-0.3, -0.25) is 4.79 Å². The van der Waals surface area contributed by atoms with Crippen molar-refractivity contribution in [1.29, 1.82) is 0 Å². The van der Waals surface area contributed by atoms with Crippen molar-refractivity contribution in [2.75, 3.05) is 27.2 Å². The average Bonchev–Trinajstić information content (AvgIpc) is 2.26. The van der Waals surface area contributed by atoms with E-state index in [0.717, 1.165) is 6.54 Å². The molecule has 118 valence electrons. The molecule has 0 heterocycles. The standard InChI is InChI=1S/C14H29N3O3/c1-7-17(11(4)9-16(5)6)14(20)15-12(10(2)3)8-13(18)19/h10-12H,7-9H2,1-6H3,(H,15,20)(H,18,19). The molecule has 0 aliphatic carbocycles. The van der Waals surface area contributed by atoms with Gasteiger partial charge in [-0.2, -0.15) is 0 Å². The molecule has 0 aliphatic rings. The Balaban J connectivity index is 4.69. The maximum atomic E-state index is 12.3. The number of amides is 2. The number of carbonyl (C=O) groups excluding carboxylic acids is 1. The van der Waals surface area contributed by atoms with Crippen molar-refractivity contribution < 1.29 is 14.7 Å². The van der Waals surface area contributed by atoms with Crippen LogP contribution in [0.15, 0.2) is 0 Å². The van der Waals surface area contributed by atoms with Crippen LogP contribution in [0.25, 0.3) is 0 Å². The Morgan fingerprint density at radius 1 is 1.20 bits per heavy atom. The minimum atomic E-state index is -0.895. The van der Waals surface area contributed by atoms with E-state index in [0.29, 0.717) is 6.54 Å². The number of hydrogen-bond acceptors (Lipinski definition) is 3. The molecule has 0 radical (unpaired) electrons. The Hall–Kier alpha value is -1.30. The predicted octanol–water partition coefficient (Wildman–Crippen LogP) is 1.47. The van der Waals surface area contributed by atoms with Gasteiger partial charge in [-0.25, -0.2) is 4.79 Å². The molecule has 0 bridgehead atoms. The van der Waals surface area contributed by atoms with Crippen molar-refractivity contribution in [3.8, 4) is 0 Å². The molecule has 6 heteroatoms. The lowest BCUT2D eigenvalue weighted by molar-refractivity contribution is -0.137. The summed E-state index contributed by atoms with van der Waals surface area (Å²) >= 11 is 0. The maximum absolute atomic E-state index is 12.3. The molecule has 2 atom stereocenters. The molecule has 6 nitrogen and oxygen atoms in total. The van der Waals surface area contributed by atoms with E-state index in [1.54, 1.807) is 4.90 Å². The van der Waals surface area contributed by atoms with E-state index < -0.39 is 5.97 Å². The first-order chi connectivity index (χ1) is 9.18. The molecule has 2 unspecified atom stereocenters. The fourth-order valence-corrected chi connectivity index (χ4v) is 2.17. The largest absolute Gasteiger partial charge is 0.481 e. The Morgan fingerprint density at radius 2 is 1.75 bits per heavy atom. The lowest BCUT2D eigenvalue weighted by Gasteiger charge is -2.32. The van der Waals surface area contributed by atoms with Crippen molar-refractivity contribution in [2.45, 2.75) is 46.2 Å². The average molecular weight is 287 g/mol. The second kappa shape index (κ2) is 8.79. The SMILES string of the molecule is CCN(C(=O)NC(CC(=O)O)C(C)C)C(C)CN(C)C. The molecule has 0 fully saturated rings. The fraction of sp³-hybridized carbons (Fsp3) is 0.857. The first-order valence-electron chi connectivity index (χ1n) is 7.12. The van der Waals surface area contributed by atoms with Crippen LogP contribution in [0, 0.1) is 5.92 Å². The van der Waals surface area contributed by atoms with E-state index in [1.807, 2.05) is 46.7 Å². The number of carboxylic acids is 1. The minimum absolute atomic E-state index is 0.0526. The van der Waals surface area contributed by atoms with Gasteiger partial charge in [0.2, 0.25) is 0 Å². The second-order valence-electron chi connectivity index (χ2n) is 5.80. The molecule has 0 aromatic carbocycles. The quantitative estimate of drug-likeness (QED) is 0.709. The lowest BCUT2D eigenvalue weighted by atomic mass is 10.0. The molecular formula is C14H29N3O3. The number of nitrogens with one attached hydrogen (secondary N) is 1. The summed E-state index contributed by atoms with van der Waals surface area (Å²) in [6, 6.07) is -0.463. The smallest absolute Gasteiger partial charge is 0.317 e. The summed E-state index contributed by atoms with van der Waals surface area (Å²) in [6.45, 7) is 9.10. The van der Waals surface area contributed by atoms with Crippen LogP contribution in [-0.4, -0.2) is 66.2 Å². The Labute approximate surface area is 122 Å². The zero-order chi connectivity index (χ0) is 15.9. The third-order valence-corrected chi connectivity index (χ3v) is 3.27. The van der Waals surface area contributed by atoms with Gasteiger partial charge in [0.05, 0.1) is 6.42 Å². The molecule has 0 aromatic heterocycles. The van der Waals surface area contributed by atoms with Crippen molar-refractivity contribution in [2.24, 2.45) is 5.92 Å². The first kappa shape index (κ1) is 18.7. The van der Waals surface area contributed by atoms with Crippen LogP contribution in [-0.2, 0) is 4.79 Å². The molecule has 0 saturated heterocycles. The molecule has 20 heavy (non-hydrogen) atoms. The van der Waals surface area contributed by atoms with Crippen LogP contribution in [0.2, 0.25) is 0 Å². The lowest BCUT2D eigenvalue weighted by Crippen LogP contribution is -2.52. The normalized spacial score (nSPS) is 14.2. The Bertz CT molecular complexity index is 319. The summed E-state index contributed by atoms with van der Waals surface area (Å²) in [5.74, 6) is -0.814. The van der Waals surface area contributed by atoms with Gasteiger partial charge < -0.3 is 20.2 Å². The van der Waals surface area contributed by atoms with Crippen LogP contribution in [0.5, 0.6) is 0 Å². The van der Waals surface area contributed by atoms with Crippen molar-refractivity contribution >= 4 is 12.0 Å². The monoisotopic (exact) mass is 287 g/mol. The maximum Gasteiger partial charge on any atom is 0.317 e. The number of carboxylic acid groups (broad SMARTS) is 1. The number of urea groups is 1. The van der Waals surface area contributed by atoms with Crippen LogP contribution >= 0.6 is 0 Å². The number of rotatable bonds is 8. The van der Waals surface area contributed by atoms with Crippen LogP contribution in [0.4, 0.5) is 4.79 Å². The predicted molar refractivity (Wildman–Crippen MR) is 79.8 cm³/mol. The Morgan fingerprint density at radius 3 is 2.10 bits per heavy atom. The number of nitrogens with zero attached hydrogens (tertiary/aromatic N) is 2. The highest BCUT2D eigenvalue weighted by Gasteiger charge is 2.24. The van der Waals surface area contributed by atoms with Gasteiger partial charge in [0.15, 0.2) is 0 Å². The summed E-state index contributed by atoms with van der Waals surface area (Å²) in [7, 11) is 3.92. The van der Waals surface area contributed by atoms with E-state index in [9.17, 15) is 9.59 Å². The summed E-state index contributed by atoms with van der Waals surface area (Å²) in [6.07, 6.45) is -0.0526. The van der Waals surface area contributed by atoms with Gasteiger partial charge in [-0.05, 0) is 33.9 Å². The highest BCUT2D eigenvalue weighted by molar-refractivity contribution is 5.76. The zero-order valence-electron chi connectivity index (χ0n) is 13.5. The first-order valence-corrected chi connectivity index (χ1v) is 7.12. The number of aliphatic carboxylic acids is 1. The molecule has 0 rings (SSSR count).